The van der Waals surface area contributed by atoms with Crippen LogP contribution < -0.4 is 5.32 Å². The molecule has 0 saturated carbocycles. The number of rotatable bonds is 4. The monoisotopic (exact) mass is 220 g/mol. The molecule has 0 radical (unpaired) electrons. The summed E-state index contributed by atoms with van der Waals surface area (Å²) in [5.74, 6) is 0.333. The third-order valence-corrected chi connectivity index (χ3v) is 3.28. The largest absolute Gasteiger partial charge is 0.508 e. The van der Waals surface area contributed by atoms with E-state index >= 15 is 0 Å². The minimum absolute atomic E-state index is 0.333. The molecule has 0 aliphatic carbocycles. The molecule has 2 N–H and O–H groups in total. The second kappa shape index (κ2) is 5.32. The van der Waals surface area contributed by atoms with Gasteiger partial charge in [0.1, 0.15) is 5.75 Å². The molecule has 0 bridgehead atoms. The highest BCUT2D eigenvalue weighted by molar-refractivity contribution is 5.28. The first kappa shape index (κ1) is 11.4. The maximum atomic E-state index is 9.26. The molecular weight excluding hydrogens is 200 g/mol. The van der Waals surface area contributed by atoms with Crippen LogP contribution in [0.15, 0.2) is 24.3 Å². The Hall–Kier alpha value is -1.06. The number of aromatic hydroxyl groups is 1. The molecule has 1 aromatic carbocycles. The fourth-order valence-corrected chi connectivity index (χ4v) is 2.29. The molecule has 1 atom stereocenters. The fourth-order valence-electron chi connectivity index (χ4n) is 2.29. The molecule has 1 fully saturated rings. The summed E-state index contributed by atoms with van der Waals surface area (Å²) in [6, 6.07) is 7.85. The summed E-state index contributed by atoms with van der Waals surface area (Å²) in [5.41, 5.74) is 1.24. The van der Waals surface area contributed by atoms with Gasteiger partial charge in [0.15, 0.2) is 0 Å². The van der Waals surface area contributed by atoms with Crippen molar-refractivity contribution >= 4 is 0 Å². The van der Waals surface area contributed by atoms with Gasteiger partial charge in [0.05, 0.1) is 0 Å². The summed E-state index contributed by atoms with van der Waals surface area (Å²) in [5, 5.41) is 12.6. The van der Waals surface area contributed by atoms with Crippen LogP contribution in [-0.4, -0.2) is 36.7 Å². The van der Waals surface area contributed by atoms with E-state index < -0.39 is 0 Å². The van der Waals surface area contributed by atoms with Gasteiger partial charge >= 0.3 is 0 Å². The van der Waals surface area contributed by atoms with E-state index in [1.165, 1.54) is 31.5 Å². The Bertz CT molecular complexity index is 317. The standard InChI is InChI=1S/C13H20N2O/c1-14-13(10-15-8-2-3-9-15)11-4-6-12(16)7-5-11/h4-7,13-14,16H,2-3,8-10H2,1H3. The maximum Gasteiger partial charge on any atom is 0.115 e. The number of hydrogen-bond donors (Lipinski definition) is 2. The van der Waals surface area contributed by atoms with Gasteiger partial charge in [-0.3, -0.25) is 0 Å². The van der Waals surface area contributed by atoms with Gasteiger partial charge in [0.25, 0.3) is 0 Å². The van der Waals surface area contributed by atoms with Crippen LogP contribution in [0.4, 0.5) is 0 Å². The Labute approximate surface area is 97.1 Å². The number of phenolic OH excluding ortho intramolecular Hbond substituents is 1. The zero-order chi connectivity index (χ0) is 11.4. The minimum Gasteiger partial charge on any atom is -0.508 e. The fraction of sp³-hybridized carbons (Fsp3) is 0.538. The molecule has 2 rings (SSSR count). The maximum absolute atomic E-state index is 9.26. The summed E-state index contributed by atoms with van der Waals surface area (Å²) in [6.45, 7) is 3.49. The lowest BCUT2D eigenvalue weighted by atomic mass is 10.1. The molecule has 1 aliphatic rings. The highest BCUT2D eigenvalue weighted by Crippen LogP contribution is 2.19. The van der Waals surface area contributed by atoms with Crippen molar-refractivity contribution in [3.05, 3.63) is 29.8 Å². The van der Waals surface area contributed by atoms with Gasteiger partial charge in [-0.05, 0) is 50.7 Å². The van der Waals surface area contributed by atoms with Crippen LogP contribution in [0.3, 0.4) is 0 Å². The van der Waals surface area contributed by atoms with Crippen molar-refractivity contribution in [2.45, 2.75) is 18.9 Å². The Balaban J connectivity index is 2.00. The highest BCUT2D eigenvalue weighted by Gasteiger charge is 2.17. The van der Waals surface area contributed by atoms with Crippen molar-refractivity contribution in [3.63, 3.8) is 0 Å². The number of hydrogen-bond acceptors (Lipinski definition) is 3. The summed E-state index contributed by atoms with van der Waals surface area (Å²) in [4.78, 5) is 2.49. The van der Waals surface area contributed by atoms with Crippen molar-refractivity contribution < 1.29 is 5.11 Å². The van der Waals surface area contributed by atoms with Crippen molar-refractivity contribution in [1.82, 2.24) is 10.2 Å². The van der Waals surface area contributed by atoms with Crippen LogP contribution in [0.2, 0.25) is 0 Å². The van der Waals surface area contributed by atoms with Crippen LogP contribution in [0.25, 0.3) is 0 Å². The normalized spacial score (nSPS) is 18.8. The first-order chi connectivity index (χ1) is 7.79. The smallest absolute Gasteiger partial charge is 0.115 e. The average Bonchev–Trinajstić information content (AvgIpc) is 2.80. The SMILES string of the molecule is CNC(CN1CCCC1)c1ccc(O)cc1. The molecule has 1 saturated heterocycles. The van der Waals surface area contributed by atoms with Gasteiger partial charge in [0, 0.05) is 12.6 Å². The summed E-state index contributed by atoms with van der Waals surface area (Å²) < 4.78 is 0. The number of benzene rings is 1. The van der Waals surface area contributed by atoms with Crippen molar-refractivity contribution in [2.24, 2.45) is 0 Å². The van der Waals surface area contributed by atoms with E-state index in [4.69, 9.17) is 0 Å². The molecule has 3 heteroatoms. The van der Waals surface area contributed by atoms with E-state index in [1.54, 1.807) is 12.1 Å². The van der Waals surface area contributed by atoms with Gasteiger partial charge in [-0.1, -0.05) is 12.1 Å². The second-order valence-electron chi connectivity index (χ2n) is 4.44. The summed E-state index contributed by atoms with van der Waals surface area (Å²) in [6.07, 6.45) is 2.65. The van der Waals surface area contributed by atoms with Gasteiger partial charge in [0.2, 0.25) is 0 Å². The lowest BCUT2D eigenvalue weighted by Crippen LogP contribution is -2.31. The van der Waals surface area contributed by atoms with Gasteiger partial charge in [-0.25, -0.2) is 0 Å². The summed E-state index contributed by atoms with van der Waals surface area (Å²) in [7, 11) is 1.99. The molecule has 88 valence electrons. The quantitative estimate of drug-likeness (QED) is 0.811. The Morgan fingerprint density at radius 1 is 1.25 bits per heavy atom. The molecule has 1 unspecified atom stereocenters. The lowest BCUT2D eigenvalue weighted by molar-refractivity contribution is 0.299. The van der Waals surface area contributed by atoms with Crippen LogP contribution in [0, 0.1) is 0 Å². The van der Waals surface area contributed by atoms with Gasteiger partial charge < -0.3 is 15.3 Å². The van der Waals surface area contributed by atoms with E-state index in [0.29, 0.717) is 11.8 Å². The molecule has 1 aromatic rings. The van der Waals surface area contributed by atoms with E-state index in [0.717, 1.165) is 6.54 Å². The number of likely N-dealkylation sites (N-methyl/N-ethyl adjacent to an activating group) is 1. The van der Waals surface area contributed by atoms with Crippen molar-refractivity contribution in [3.8, 4) is 5.75 Å². The third kappa shape index (κ3) is 2.74. The molecule has 16 heavy (non-hydrogen) atoms. The van der Waals surface area contributed by atoms with Crippen molar-refractivity contribution in [2.75, 3.05) is 26.7 Å². The number of nitrogens with zero attached hydrogens (tertiary/aromatic N) is 1. The Morgan fingerprint density at radius 2 is 1.88 bits per heavy atom. The number of likely N-dealkylation sites (tertiary alicyclic amines) is 1. The van der Waals surface area contributed by atoms with Gasteiger partial charge in [-0.2, -0.15) is 0 Å². The average molecular weight is 220 g/mol. The number of phenols is 1. The number of nitrogens with one attached hydrogen (secondary N) is 1. The lowest BCUT2D eigenvalue weighted by Gasteiger charge is -2.23. The zero-order valence-corrected chi connectivity index (χ0v) is 9.82. The zero-order valence-electron chi connectivity index (χ0n) is 9.82. The molecule has 0 aromatic heterocycles. The van der Waals surface area contributed by atoms with Crippen LogP contribution in [-0.2, 0) is 0 Å². The molecule has 1 aliphatic heterocycles. The third-order valence-electron chi connectivity index (χ3n) is 3.28. The highest BCUT2D eigenvalue weighted by atomic mass is 16.3. The predicted molar refractivity (Wildman–Crippen MR) is 65.6 cm³/mol. The van der Waals surface area contributed by atoms with E-state index in [9.17, 15) is 5.11 Å². The molecule has 1 heterocycles. The molecule has 0 amide bonds. The molecule has 0 spiro atoms. The molecule has 3 nitrogen and oxygen atoms in total. The minimum atomic E-state index is 0.333. The Morgan fingerprint density at radius 3 is 2.44 bits per heavy atom. The first-order valence-corrected chi connectivity index (χ1v) is 5.98. The van der Waals surface area contributed by atoms with Gasteiger partial charge in [-0.15, -0.1) is 0 Å². The second-order valence-corrected chi connectivity index (χ2v) is 4.44. The van der Waals surface area contributed by atoms with Crippen LogP contribution >= 0.6 is 0 Å². The van der Waals surface area contributed by atoms with E-state index in [2.05, 4.69) is 10.2 Å². The first-order valence-electron chi connectivity index (χ1n) is 5.98. The van der Waals surface area contributed by atoms with Crippen LogP contribution in [0.5, 0.6) is 5.75 Å². The van der Waals surface area contributed by atoms with Crippen LogP contribution in [0.1, 0.15) is 24.4 Å². The topological polar surface area (TPSA) is 35.5 Å². The van der Waals surface area contributed by atoms with Crippen molar-refractivity contribution in [1.29, 1.82) is 0 Å². The molecular formula is C13H20N2O. The van der Waals surface area contributed by atoms with E-state index in [1.807, 2.05) is 19.2 Å². The van der Waals surface area contributed by atoms with E-state index in [-0.39, 0.29) is 0 Å². The summed E-state index contributed by atoms with van der Waals surface area (Å²) >= 11 is 0. The predicted octanol–water partition coefficient (Wildman–Crippen LogP) is 1.75. The Kier molecular flexibility index (Phi) is 3.80.